The summed E-state index contributed by atoms with van der Waals surface area (Å²) in [6, 6.07) is -1.28. The van der Waals surface area contributed by atoms with Gasteiger partial charge in [-0.3, -0.25) is 4.79 Å². The summed E-state index contributed by atoms with van der Waals surface area (Å²) in [5.41, 5.74) is 5.00. The van der Waals surface area contributed by atoms with Crippen molar-refractivity contribution in [1.29, 1.82) is 0 Å². The smallest absolute Gasteiger partial charge is 0.312 e. The molecule has 0 aromatic heterocycles. The summed E-state index contributed by atoms with van der Waals surface area (Å²) in [5.74, 6) is 0.557. The van der Waals surface area contributed by atoms with Crippen LogP contribution >= 0.6 is 11.8 Å². The van der Waals surface area contributed by atoms with E-state index in [1.165, 1.54) is 0 Å². The quantitative estimate of drug-likeness (QED) is 0.476. The van der Waals surface area contributed by atoms with E-state index in [2.05, 4.69) is 10.6 Å². The summed E-state index contributed by atoms with van der Waals surface area (Å²) in [6.07, 6.45) is 4.02. The Balaban J connectivity index is 4.33. The number of hydrogen-bond donors (Lipinski definition) is 4. The van der Waals surface area contributed by atoms with E-state index >= 15 is 0 Å². The highest BCUT2D eigenvalue weighted by Gasteiger charge is 2.23. The zero-order valence-electron chi connectivity index (χ0n) is 12.6. The Hall–Kier alpha value is -0.950. The van der Waals surface area contributed by atoms with Crippen molar-refractivity contribution in [2.24, 2.45) is 11.1 Å². The predicted molar refractivity (Wildman–Crippen MR) is 82.6 cm³/mol. The van der Waals surface area contributed by atoms with Crippen LogP contribution in [0, 0.1) is 5.41 Å². The summed E-state index contributed by atoms with van der Waals surface area (Å²) in [4.78, 5) is 23.0. The summed E-state index contributed by atoms with van der Waals surface area (Å²) in [6.45, 7) is 4.71. The van der Waals surface area contributed by atoms with E-state index in [1.54, 1.807) is 11.8 Å². The van der Waals surface area contributed by atoms with E-state index in [0.717, 1.165) is 12.2 Å². The zero-order valence-corrected chi connectivity index (χ0v) is 13.4. The second-order valence-corrected chi connectivity index (χ2v) is 6.54. The van der Waals surface area contributed by atoms with Crippen LogP contribution in [0.3, 0.4) is 0 Å². The van der Waals surface area contributed by atoms with Gasteiger partial charge in [-0.1, -0.05) is 13.8 Å². The molecule has 0 heterocycles. The first-order valence-electron chi connectivity index (χ1n) is 6.76. The number of nitrogens with two attached hydrogens (primary N) is 1. The fourth-order valence-corrected chi connectivity index (χ4v) is 2.24. The topological polar surface area (TPSA) is 104 Å². The number of urea groups is 1. The van der Waals surface area contributed by atoms with Crippen LogP contribution in [0.5, 0.6) is 0 Å². The van der Waals surface area contributed by atoms with Gasteiger partial charge in [0.2, 0.25) is 5.91 Å². The molecule has 0 saturated heterocycles. The molecule has 0 radical (unpaired) electrons. The number of amides is 3. The molecule has 1 atom stereocenters. The van der Waals surface area contributed by atoms with E-state index in [9.17, 15) is 9.59 Å². The summed E-state index contributed by atoms with van der Waals surface area (Å²) >= 11 is 1.61. The van der Waals surface area contributed by atoms with E-state index < -0.39 is 12.1 Å². The summed E-state index contributed by atoms with van der Waals surface area (Å²) < 4.78 is 0. The van der Waals surface area contributed by atoms with Crippen LogP contribution in [0.2, 0.25) is 0 Å². The minimum Gasteiger partial charge on any atom is -0.396 e. The van der Waals surface area contributed by atoms with Gasteiger partial charge in [-0.2, -0.15) is 11.8 Å². The molecule has 0 aliphatic carbocycles. The van der Waals surface area contributed by atoms with Gasteiger partial charge in [0, 0.05) is 13.2 Å². The molecule has 5 N–H and O–H groups in total. The van der Waals surface area contributed by atoms with Gasteiger partial charge in [0.1, 0.15) is 6.04 Å². The molecule has 0 rings (SSSR count). The number of nitrogens with one attached hydrogen (secondary N) is 2. The van der Waals surface area contributed by atoms with E-state index in [0.29, 0.717) is 19.4 Å². The Bertz CT molecular complexity index is 311. The number of aliphatic hydroxyl groups is 1. The Morgan fingerprint density at radius 1 is 1.40 bits per heavy atom. The van der Waals surface area contributed by atoms with Gasteiger partial charge in [-0.25, -0.2) is 4.79 Å². The number of carbonyl (C=O) groups is 2. The SMILES string of the molecule is CSCCC(NC(N)=O)C(=O)NCC(C)(C)CCCO. The van der Waals surface area contributed by atoms with Crippen LogP contribution in [0.4, 0.5) is 4.79 Å². The molecule has 6 nitrogen and oxygen atoms in total. The highest BCUT2D eigenvalue weighted by Crippen LogP contribution is 2.20. The molecular formula is C13H27N3O3S. The van der Waals surface area contributed by atoms with Crippen molar-refractivity contribution < 1.29 is 14.7 Å². The molecule has 7 heteroatoms. The average Bonchev–Trinajstić information content (AvgIpc) is 2.38. The maximum absolute atomic E-state index is 12.1. The van der Waals surface area contributed by atoms with Crippen LogP contribution < -0.4 is 16.4 Å². The number of hydrogen-bond acceptors (Lipinski definition) is 4. The van der Waals surface area contributed by atoms with Gasteiger partial charge in [-0.15, -0.1) is 0 Å². The fourth-order valence-electron chi connectivity index (χ4n) is 1.77. The van der Waals surface area contributed by atoms with Gasteiger partial charge < -0.3 is 21.5 Å². The van der Waals surface area contributed by atoms with Crippen molar-refractivity contribution in [3.63, 3.8) is 0 Å². The second-order valence-electron chi connectivity index (χ2n) is 5.55. The third-order valence-electron chi connectivity index (χ3n) is 3.00. The van der Waals surface area contributed by atoms with Crippen molar-refractivity contribution in [1.82, 2.24) is 10.6 Å². The number of aliphatic hydroxyl groups excluding tert-OH is 1. The lowest BCUT2D eigenvalue weighted by Crippen LogP contribution is -2.50. The van der Waals surface area contributed by atoms with Crippen LogP contribution in [0.1, 0.15) is 33.1 Å². The normalized spacial score (nSPS) is 12.8. The third-order valence-corrected chi connectivity index (χ3v) is 3.64. The molecule has 0 spiro atoms. The molecule has 0 aromatic rings. The Kier molecular flexibility index (Phi) is 9.41. The van der Waals surface area contributed by atoms with Gasteiger partial charge in [-0.05, 0) is 36.7 Å². The van der Waals surface area contributed by atoms with E-state index in [4.69, 9.17) is 10.8 Å². The minimum atomic E-state index is -0.689. The third kappa shape index (κ3) is 9.03. The van der Waals surface area contributed by atoms with Gasteiger partial charge in [0.05, 0.1) is 0 Å². The summed E-state index contributed by atoms with van der Waals surface area (Å²) in [5, 5.41) is 14.2. The highest BCUT2D eigenvalue weighted by atomic mass is 32.2. The lowest BCUT2D eigenvalue weighted by Gasteiger charge is -2.26. The molecule has 20 heavy (non-hydrogen) atoms. The summed E-state index contributed by atoms with van der Waals surface area (Å²) in [7, 11) is 0. The Morgan fingerprint density at radius 2 is 2.05 bits per heavy atom. The van der Waals surface area contributed by atoms with Crippen molar-refractivity contribution in [3.05, 3.63) is 0 Å². The van der Waals surface area contributed by atoms with Gasteiger partial charge in [0.25, 0.3) is 0 Å². The maximum atomic E-state index is 12.1. The maximum Gasteiger partial charge on any atom is 0.312 e. The monoisotopic (exact) mass is 305 g/mol. The second kappa shape index (κ2) is 9.88. The Labute approximate surface area is 125 Å². The van der Waals surface area contributed by atoms with Gasteiger partial charge in [0.15, 0.2) is 0 Å². The molecule has 3 amide bonds. The highest BCUT2D eigenvalue weighted by molar-refractivity contribution is 7.98. The largest absolute Gasteiger partial charge is 0.396 e. The molecule has 0 bridgehead atoms. The first-order valence-corrected chi connectivity index (χ1v) is 8.15. The fraction of sp³-hybridized carbons (Fsp3) is 0.846. The van der Waals surface area contributed by atoms with Crippen molar-refractivity contribution in [2.75, 3.05) is 25.2 Å². The van der Waals surface area contributed by atoms with Gasteiger partial charge >= 0.3 is 6.03 Å². The predicted octanol–water partition coefficient (Wildman–Crippen LogP) is 0.691. The lowest BCUT2D eigenvalue weighted by molar-refractivity contribution is -0.123. The molecule has 0 aliphatic rings. The molecule has 1 unspecified atom stereocenters. The Morgan fingerprint density at radius 3 is 2.55 bits per heavy atom. The number of primary amides is 1. The lowest BCUT2D eigenvalue weighted by atomic mass is 9.88. The molecule has 0 fully saturated rings. The standard InChI is InChI=1S/C13H27N3O3S/c1-13(2,6-4-7-17)9-15-11(18)10(5-8-20-3)16-12(14)19/h10,17H,4-9H2,1-3H3,(H,15,18)(H3,14,16,19). The van der Waals surface area contributed by atoms with Crippen LogP contribution in [0.25, 0.3) is 0 Å². The number of thioether (sulfide) groups is 1. The molecule has 0 aromatic carbocycles. The number of carbonyl (C=O) groups excluding carboxylic acids is 2. The van der Waals surface area contributed by atoms with Crippen molar-refractivity contribution in [3.8, 4) is 0 Å². The first kappa shape index (κ1) is 19.1. The first-order chi connectivity index (χ1) is 9.32. The van der Waals surface area contributed by atoms with Crippen LogP contribution in [-0.4, -0.2) is 48.2 Å². The van der Waals surface area contributed by atoms with E-state index in [1.807, 2.05) is 20.1 Å². The number of rotatable bonds is 10. The van der Waals surface area contributed by atoms with Crippen molar-refractivity contribution >= 4 is 23.7 Å². The minimum absolute atomic E-state index is 0.0881. The molecule has 118 valence electrons. The molecule has 0 aliphatic heterocycles. The average molecular weight is 305 g/mol. The van der Waals surface area contributed by atoms with Crippen molar-refractivity contribution in [2.45, 2.75) is 39.2 Å². The molecule has 0 saturated carbocycles. The van der Waals surface area contributed by atoms with Crippen LogP contribution in [0.15, 0.2) is 0 Å². The van der Waals surface area contributed by atoms with E-state index in [-0.39, 0.29) is 17.9 Å². The van der Waals surface area contributed by atoms with Crippen LogP contribution in [-0.2, 0) is 4.79 Å². The zero-order chi connectivity index (χ0) is 15.6. The molecular weight excluding hydrogens is 278 g/mol.